The van der Waals surface area contributed by atoms with Crippen LogP contribution in [0.5, 0.6) is 0 Å². The summed E-state index contributed by atoms with van der Waals surface area (Å²) in [7, 11) is -2.43. The van der Waals surface area contributed by atoms with E-state index in [1.807, 2.05) is 0 Å². The molecule has 1 heterocycles. The van der Waals surface area contributed by atoms with Gasteiger partial charge in [0.25, 0.3) is 0 Å². The van der Waals surface area contributed by atoms with E-state index in [2.05, 4.69) is 4.98 Å². The van der Waals surface area contributed by atoms with Crippen molar-refractivity contribution < 1.29 is 12.8 Å². The molecular formula is C11H12FN3O2S2. The number of anilines is 1. The van der Waals surface area contributed by atoms with Crippen molar-refractivity contribution >= 4 is 27.0 Å². The first kappa shape index (κ1) is 13.9. The van der Waals surface area contributed by atoms with Gasteiger partial charge in [0.2, 0.25) is 10.0 Å². The molecule has 0 saturated carbocycles. The molecule has 0 bridgehead atoms. The molecule has 2 N–H and O–H groups in total. The molecule has 0 amide bonds. The predicted octanol–water partition coefficient (Wildman–Crippen LogP) is 1.69. The van der Waals surface area contributed by atoms with Gasteiger partial charge in [0.1, 0.15) is 10.7 Å². The maximum atomic E-state index is 13.2. The van der Waals surface area contributed by atoms with E-state index in [9.17, 15) is 12.8 Å². The third-order valence-corrected chi connectivity index (χ3v) is 5.03. The van der Waals surface area contributed by atoms with Gasteiger partial charge < -0.3 is 5.73 Å². The number of sulfonamides is 1. The van der Waals surface area contributed by atoms with Crippen molar-refractivity contribution in [1.29, 1.82) is 0 Å². The molecule has 2 aromatic rings. The lowest BCUT2D eigenvalue weighted by Crippen LogP contribution is -2.27. The van der Waals surface area contributed by atoms with E-state index in [1.54, 1.807) is 10.9 Å². The molecule has 8 heteroatoms. The lowest BCUT2D eigenvalue weighted by atomic mass is 10.3. The van der Waals surface area contributed by atoms with E-state index in [4.69, 9.17) is 5.73 Å². The van der Waals surface area contributed by atoms with Crippen LogP contribution in [0.1, 0.15) is 5.69 Å². The standard InChI is InChI=1S/C11H12FN3O2S2/c1-15(5-9-6-18-7-14-9)19(16,17)11-4-8(12)2-3-10(11)13/h2-4,6-7H,5,13H2,1H3. The van der Waals surface area contributed by atoms with Crippen molar-refractivity contribution in [2.45, 2.75) is 11.4 Å². The first-order valence-corrected chi connectivity index (χ1v) is 7.68. The van der Waals surface area contributed by atoms with Crippen molar-refractivity contribution in [2.75, 3.05) is 12.8 Å². The Morgan fingerprint density at radius 3 is 2.84 bits per heavy atom. The van der Waals surface area contributed by atoms with Crippen LogP contribution >= 0.6 is 11.3 Å². The zero-order chi connectivity index (χ0) is 14.0. The Hall–Kier alpha value is -1.51. The Morgan fingerprint density at radius 2 is 2.21 bits per heavy atom. The minimum absolute atomic E-state index is 0.0199. The first-order chi connectivity index (χ1) is 8.91. The quantitative estimate of drug-likeness (QED) is 0.872. The van der Waals surface area contributed by atoms with Crippen molar-refractivity contribution in [3.63, 3.8) is 0 Å². The van der Waals surface area contributed by atoms with Crippen LogP contribution in [-0.2, 0) is 16.6 Å². The average Bonchev–Trinajstić information content (AvgIpc) is 2.85. The third kappa shape index (κ3) is 2.91. The smallest absolute Gasteiger partial charge is 0.245 e. The van der Waals surface area contributed by atoms with Gasteiger partial charge >= 0.3 is 0 Å². The van der Waals surface area contributed by atoms with Crippen molar-refractivity contribution in [3.05, 3.63) is 40.6 Å². The number of aromatic nitrogens is 1. The van der Waals surface area contributed by atoms with Gasteiger partial charge in [-0.3, -0.25) is 0 Å². The molecule has 0 radical (unpaired) electrons. The molecule has 2 rings (SSSR count). The molecule has 0 spiro atoms. The molecular weight excluding hydrogens is 289 g/mol. The minimum Gasteiger partial charge on any atom is -0.398 e. The van der Waals surface area contributed by atoms with E-state index in [0.29, 0.717) is 5.69 Å². The Balaban J connectivity index is 2.33. The Kier molecular flexibility index (Phi) is 3.83. The maximum Gasteiger partial charge on any atom is 0.245 e. The molecule has 1 aromatic heterocycles. The molecule has 0 aliphatic carbocycles. The second-order valence-corrected chi connectivity index (χ2v) is 6.66. The number of thiazole rings is 1. The molecule has 0 saturated heterocycles. The summed E-state index contributed by atoms with van der Waals surface area (Å²) in [6, 6.07) is 3.27. The Labute approximate surface area is 114 Å². The highest BCUT2D eigenvalue weighted by molar-refractivity contribution is 7.89. The van der Waals surface area contributed by atoms with Crippen LogP contribution < -0.4 is 5.73 Å². The summed E-state index contributed by atoms with van der Waals surface area (Å²) >= 11 is 1.38. The summed E-state index contributed by atoms with van der Waals surface area (Å²) < 4.78 is 38.8. The van der Waals surface area contributed by atoms with Gasteiger partial charge in [-0.1, -0.05) is 0 Å². The van der Waals surface area contributed by atoms with Gasteiger partial charge in [-0.05, 0) is 18.2 Å². The molecule has 102 valence electrons. The highest BCUT2D eigenvalue weighted by Crippen LogP contribution is 2.23. The summed E-state index contributed by atoms with van der Waals surface area (Å²) in [6.07, 6.45) is 0. The molecule has 1 aromatic carbocycles. The van der Waals surface area contributed by atoms with E-state index in [1.165, 1.54) is 24.5 Å². The number of rotatable bonds is 4. The van der Waals surface area contributed by atoms with Crippen molar-refractivity contribution in [3.8, 4) is 0 Å². The SMILES string of the molecule is CN(Cc1cscn1)S(=O)(=O)c1cc(F)ccc1N. The van der Waals surface area contributed by atoms with Crippen molar-refractivity contribution in [1.82, 2.24) is 9.29 Å². The summed E-state index contributed by atoms with van der Waals surface area (Å²) in [5, 5.41) is 1.75. The number of nitrogens with zero attached hydrogens (tertiary/aromatic N) is 2. The lowest BCUT2D eigenvalue weighted by molar-refractivity contribution is 0.462. The van der Waals surface area contributed by atoms with Gasteiger partial charge in [-0.25, -0.2) is 17.8 Å². The van der Waals surface area contributed by atoms with Gasteiger partial charge in [-0.2, -0.15) is 4.31 Å². The molecule has 0 atom stereocenters. The number of hydrogen-bond acceptors (Lipinski definition) is 5. The van der Waals surface area contributed by atoms with Gasteiger partial charge in [0.05, 0.1) is 23.4 Å². The summed E-state index contributed by atoms with van der Waals surface area (Å²) in [4.78, 5) is 3.78. The highest BCUT2D eigenvalue weighted by Gasteiger charge is 2.24. The highest BCUT2D eigenvalue weighted by atomic mass is 32.2. The second-order valence-electron chi connectivity index (χ2n) is 3.92. The number of benzene rings is 1. The topological polar surface area (TPSA) is 76.3 Å². The maximum absolute atomic E-state index is 13.2. The van der Waals surface area contributed by atoms with Crippen molar-refractivity contribution in [2.24, 2.45) is 0 Å². The summed E-state index contributed by atoms with van der Waals surface area (Å²) in [5.74, 6) is -0.644. The normalized spacial score (nSPS) is 11.9. The Morgan fingerprint density at radius 1 is 1.47 bits per heavy atom. The number of nitrogens with two attached hydrogens (primary N) is 1. The van der Waals surface area contributed by atoms with Crippen LogP contribution in [0, 0.1) is 5.82 Å². The fraction of sp³-hybridized carbons (Fsp3) is 0.182. The van der Waals surface area contributed by atoms with Crippen LogP contribution in [0.25, 0.3) is 0 Å². The van der Waals surface area contributed by atoms with Gasteiger partial charge in [0, 0.05) is 12.4 Å². The van der Waals surface area contributed by atoms with Crippen LogP contribution in [0.4, 0.5) is 10.1 Å². The molecule has 0 unspecified atom stereocenters. The zero-order valence-corrected chi connectivity index (χ0v) is 11.7. The number of hydrogen-bond donors (Lipinski definition) is 1. The zero-order valence-electron chi connectivity index (χ0n) is 10.1. The number of halogens is 1. The molecule has 0 aliphatic rings. The lowest BCUT2D eigenvalue weighted by Gasteiger charge is -2.17. The summed E-state index contributed by atoms with van der Waals surface area (Å²) in [5.41, 5.74) is 7.87. The molecule has 19 heavy (non-hydrogen) atoms. The number of nitrogen functional groups attached to an aromatic ring is 1. The third-order valence-electron chi connectivity index (χ3n) is 2.53. The molecule has 0 fully saturated rings. The van der Waals surface area contributed by atoms with Crippen LogP contribution in [0.15, 0.2) is 34.0 Å². The predicted molar refractivity (Wildman–Crippen MR) is 71.6 cm³/mol. The van der Waals surface area contributed by atoms with Crippen LogP contribution in [-0.4, -0.2) is 24.8 Å². The second kappa shape index (κ2) is 5.24. The van der Waals surface area contributed by atoms with Gasteiger partial charge in [0.15, 0.2) is 0 Å². The van der Waals surface area contributed by atoms with Crippen LogP contribution in [0.2, 0.25) is 0 Å². The largest absolute Gasteiger partial charge is 0.398 e. The average molecular weight is 301 g/mol. The fourth-order valence-corrected chi connectivity index (χ4v) is 3.34. The Bertz CT molecular complexity index is 671. The van der Waals surface area contributed by atoms with E-state index in [-0.39, 0.29) is 17.1 Å². The van der Waals surface area contributed by atoms with E-state index in [0.717, 1.165) is 16.4 Å². The summed E-state index contributed by atoms with van der Waals surface area (Å²) in [6.45, 7) is 0.113. The van der Waals surface area contributed by atoms with E-state index >= 15 is 0 Å². The minimum atomic E-state index is -3.84. The molecule has 5 nitrogen and oxygen atoms in total. The fourth-order valence-electron chi connectivity index (χ4n) is 1.53. The molecule has 0 aliphatic heterocycles. The first-order valence-electron chi connectivity index (χ1n) is 5.29. The van der Waals surface area contributed by atoms with E-state index < -0.39 is 15.8 Å². The van der Waals surface area contributed by atoms with Gasteiger partial charge in [-0.15, -0.1) is 11.3 Å². The monoisotopic (exact) mass is 301 g/mol. The van der Waals surface area contributed by atoms with Crippen LogP contribution in [0.3, 0.4) is 0 Å².